The predicted octanol–water partition coefficient (Wildman–Crippen LogP) is 0.911. The first-order valence-electron chi connectivity index (χ1n) is 6.49. The summed E-state index contributed by atoms with van der Waals surface area (Å²) in [6.45, 7) is 0. The number of amides is 1. The number of hydrogen-bond donors (Lipinski definition) is 1. The topological polar surface area (TPSA) is 79.4 Å². The van der Waals surface area contributed by atoms with Crippen molar-refractivity contribution in [2.75, 3.05) is 35.8 Å². The van der Waals surface area contributed by atoms with Gasteiger partial charge in [-0.05, 0) is 18.4 Å². The van der Waals surface area contributed by atoms with Crippen molar-refractivity contribution in [2.24, 2.45) is 5.92 Å². The van der Waals surface area contributed by atoms with Gasteiger partial charge in [-0.25, -0.2) is 8.42 Å². The largest absolute Gasteiger partial charge is 0.375 e. The lowest BCUT2D eigenvalue weighted by molar-refractivity contribution is -0.116. The number of hydrogen-bond acceptors (Lipinski definition) is 5. The van der Waals surface area contributed by atoms with E-state index in [1.807, 2.05) is 19.0 Å². The van der Waals surface area contributed by atoms with E-state index >= 15 is 0 Å². The fourth-order valence-electron chi connectivity index (χ4n) is 2.34. The maximum atomic E-state index is 12.0. The Morgan fingerprint density at radius 1 is 1.50 bits per heavy atom. The van der Waals surface area contributed by atoms with E-state index in [0.717, 1.165) is 5.69 Å². The Morgan fingerprint density at radius 3 is 2.85 bits per heavy atom. The van der Waals surface area contributed by atoms with Crippen molar-refractivity contribution in [1.29, 1.82) is 0 Å². The first kappa shape index (κ1) is 14.8. The van der Waals surface area contributed by atoms with Gasteiger partial charge in [0.15, 0.2) is 9.84 Å². The van der Waals surface area contributed by atoms with Gasteiger partial charge in [-0.1, -0.05) is 0 Å². The van der Waals surface area contributed by atoms with Gasteiger partial charge in [0.05, 0.1) is 29.1 Å². The summed E-state index contributed by atoms with van der Waals surface area (Å²) < 4.78 is 22.8. The van der Waals surface area contributed by atoms with E-state index < -0.39 is 9.84 Å². The molecule has 20 heavy (non-hydrogen) atoms. The summed E-state index contributed by atoms with van der Waals surface area (Å²) in [5, 5.41) is 2.83. The Hall–Kier alpha value is -1.63. The average molecular weight is 297 g/mol. The summed E-state index contributed by atoms with van der Waals surface area (Å²) in [5.74, 6) is 0.103. The molecule has 0 aliphatic carbocycles. The highest BCUT2D eigenvalue weighted by Gasteiger charge is 2.29. The van der Waals surface area contributed by atoms with E-state index in [1.165, 1.54) is 0 Å². The van der Waals surface area contributed by atoms with Crippen molar-refractivity contribution >= 4 is 27.1 Å². The second-order valence-corrected chi connectivity index (χ2v) is 7.54. The molecule has 1 unspecified atom stereocenters. The standard InChI is InChI=1S/C13H19N3O3S/c1-16(2)12-8-14-5-3-11(12)15-13(17)7-10-4-6-20(18,19)9-10/h3,5,8,10H,4,6-7,9H2,1-2H3,(H,14,15,17). The zero-order valence-corrected chi connectivity index (χ0v) is 12.5. The molecule has 2 rings (SSSR count). The second-order valence-electron chi connectivity index (χ2n) is 5.31. The molecule has 1 aliphatic rings. The number of anilines is 2. The molecule has 1 saturated heterocycles. The highest BCUT2D eigenvalue weighted by Crippen LogP contribution is 2.25. The van der Waals surface area contributed by atoms with Gasteiger partial charge < -0.3 is 10.2 Å². The lowest BCUT2D eigenvalue weighted by atomic mass is 10.1. The minimum Gasteiger partial charge on any atom is -0.375 e. The first-order chi connectivity index (χ1) is 9.37. The summed E-state index contributed by atoms with van der Waals surface area (Å²) >= 11 is 0. The molecule has 1 aliphatic heterocycles. The van der Waals surface area contributed by atoms with Crippen molar-refractivity contribution in [3.05, 3.63) is 18.5 Å². The average Bonchev–Trinajstić information content (AvgIpc) is 2.68. The molecule has 1 N–H and O–H groups in total. The van der Waals surface area contributed by atoms with Crippen LogP contribution in [-0.2, 0) is 14.6 Å². The molecule has 1 amide bonds. The summed E-state index contributed by atoms with van der Waals surface area (Å²) in [6.07, 6.45) is 4.11. The van der Waals surface area contributed by atoms with Crippen LogP contribution in [0.25, 0.3) is 0 Å². The molecule has 7 heteroatoms. The third kappa shape index (κ3) is 3.69. The van der Waals surface area contributed by atoms with E-state index in [0.29, 0.717) is 12.1 Å². The Kier molecular flexibility index (Phi) is 4.27. The third-order valence-corrected chi connectivity index (χ3v) is 5.19. The van der Waals surface area contributed by atoms with E-state index in [4.69, 9.17) is 0 Å². The van der Waals surface area contributed by atoms with E-state index in [1.54, 1.807) is 18.5 Å². The molecule has 1 fully saturated rings. The molecule has 6 nitrogen and oxygen atoms in total. The van der Waals surface area contributed by atoms with Crippen molar-refractivity contribution in [3.8, 4) is 0 Å². The number of pyridine rings is 1. The molecule has 0 radical (unpaired) electrons. The molecule has 0 spiro atoms. The third-order valence-electron chi connectivity index (χ3n) is 3.36. The zero-order valence-electron chi connectivity index (χ0n) is 11.7. The fraction of sp³-hybridized carbons (Fsp3) is 0.538. The summed E-state index contributed by atoms with van der Waals surface area (Å²) in [5.41, 5.74) is 1.51. The van der Waals surface area contributed by atoms with Gasteiger partial charge >= 0.3 is 0 Å². The summed E-state index contributed by atoms with van der Waals surface area (Å²) in [6, 6.07) is 1.73. The van der Waals surface area contributed by atoms with Gasteiger partial charge in [-0.15, -0.1) is 0 Å². The number of carbonyl (C=O) groups is 1. The van der Waals surface area contributed by atoms with Crippen LogP contribution in [0.3, 0.4) is 0 Å². The van der Waals surface area contributed by atoms with Crippen LogP contribution in [0.4, 0.5) is 11.4 Å². The molecule has 1 aromatic heterocycles. The van der Waals surface area contributed by atoms with Crippen LogP contribution in [0.1, 0.15) is 12.8 Å². The lowest BCUT2D eigenvalue weighted by Gasteiger charge is -2.17. The van der Waals surface area contributed by atoms with Crippen LogP contribution in [0, 0.1) is 5.92 Å². The minimum atomic E-state index is -2.93. The van der Waals surface area contributed by atoms with Gasteiger partial charge in [0.1, 0.15) is 0 Å². The molecule has 2 heterocycles. The molecule has 0 aromatic carbocycles. The van der Waals surface area contributed by atoms with Gasteiger partial charge in [0, 0.05) is 26.7 Å². The fourth-order valence-corrected chi connectivity index (χ4v) is 4.21. The van der Waals surface area contributed by atoms with Crippen LogP contribution < -0.4 is 10.2 Å². The highest BCUT2D eigenvalue weighted by molar-refractivity contribution is 7.91. The first-order valence-corrected chi connectivity index (χ1v) is 8.31. The zero-order chi connectivity index (χ0) is 14.8. The predicted molar refractivity (Wildman–Crippen MR) is 78.6 cm³/mol. The van der Waals surface area contributed by atoms with Crippen LogP contribution >= 0.6 is 0 Å². The van der Waals surface area contributed by atoms with Gasteiger partial charge in [0.25, 0.3) is 0 Å². The monoisotopic (exact) mass is 297 g/mol. The van der Waals surface area contributed by atoms with Crippen molar-refractivity contribution in [1.82, 2.24) is 4.98 Å². The van der Waals surface area contributed by atoms with Crippen molar-refractivity contribution < 1.29 is 13.2 Å². The number of nitrogens with one attached hydrogen (secondary N) is 1. The summed E-state index contributed by atoms with van der Waals surface area (Å²) in [4.78, 5) is 17.9. The Balaban J connectivity index is 1.99. The van der Waals surface area contributed by atoms with Crippen molar-refractivity contribution in [3.63, 3.8) is 0 Å². The van der Waals surface area contributed by atoms with Crippen molar-refractivity contribution in [2.45, 2.75) is 12.8 Å². The minimum absolute atomic E-state index is 0.0651. The SMILES string of the molecule is CN(C)c1cnccc1NC(=O)CC1CCS(=O)(=O)C1. The van der Waals surface area contributed by atoms with Gasteiger partial charge in [0.2, 0.25) is 5.91 Å². The van der Waals surface area contributed by atoms with Crippen LogP contribution in [0.15, 0.2) is 18.5 Å². The van der Waals surface area contributed by atoms with Gasteiger partial charge in [-0.2, -0.15) is 0 Å². The molecular formula is C13H19N3O3S. The van der Waals surface area contributed by atoms with E-state index in [-0.39, 0.29) is 29.8 Å². The number of rotatable bonds is 4. The number of aromatic nitrogens is 1. The lowest BCUT2D eigenvalue weighted by Crippen LogP contribution is -2.19. The highest BCUT2D eigenvalue weighted by atomic mass is 32.2. The molecule has 1 atom stereocenters. The van der Waals surface area contributed by atoms with E-state index in [9.17, 15) is 13.2 Å². The molecule has 1 aromatic rings. The number of sulfone groups is 1. The number of nitrogens with zero attached hydrogens (tertiary/aromatic N) is 2. The Bertz CT molecular complexity index is 599. The molecule has 0 saturated carbocycles. The maximum Gasteiger partial charge on any atom is 0.224 e. The summed E-state index contributed by atoms with van der Waals surface area (Å²) in [7, 11) is 0.809. The normalized spacial score (nSPS) is 20.6. The quantitative estimate of drug-likeness (QED) is 0.893. The maximum absolute atomic E-state index is 12.0. The molecular weight excluding hydrogens is 278 g/mol. The van der Waals surface area contributed by atoms with E-state index in [2.05, 4.69) is 10.3 Å². The second kappa shape index (κ2) is 5.78. The molecule has 110 valence electrons. The van der Waals surface area contributed by atoms with Crippen LogP contribution in [0.2, 0.25) is 0 Å². The Labute approximate surface area is 119 Å². The Morgan fingerprint density at radius 2 is 2.25 bits per heavy atom. The number of carbonyl (C=O) groups excluding carboxylic acids is 1. The van der Waals surface area contributed by atoms with Crippen LogP contribution in [-0.4, -0.2) is 44.9 Å². The van der Waals surface area contributed by atoms with Gasteiger partial charge in [-0.3, -0.25) is 9.78 Å². The smallest absolute Gasteiger partial charge is 0.224 e. The van der Waals surface area contributed by atoms with Crippen LogP contribution in [0.5, 0.6) is 0 Å². The molecule has 0 bridgehead atoms.